The number of fused-ring (bicyclic) bond motifs is 1. The Balaban J connectivity index is 1.62. The highest BCUT2D eigenvalue weighted by molar-refractivity contribution is 9.10. The summed E-state index contributed by atoms with van der Waals surface area (Å²) in [6, 6.07) is 8.01. The molecule has 3 heterocycles. The predicted octanol–water partition coefficient (Wildman–Crippen LogP) is 7.79. The van der Waals surface area contributed by atoms with Crippen LogP contribution < -0.4 is 5.43 Å². The number of amides is 1. The Morgan fingerprint density at radius 1 is 1.17 bits per heavy atom. The molecule has 3 aromatic rings. The van der Waals surface area contributed by atoms with E-state index in [1.165, 1.54) is 6.42 Å². The van der Waals surface area contributed by atoms with Crippen molar-refractivity contribution in [2.45, 2.75) is 64.5 Å². The molecule has 2 atom stereocenters. The van der Waals surface area contributed by atoms with Crippen LogP contribution in [0.1, 0.15) is 72.6 Å². The van der Waals surface area contributed by atoms with Gasteiger partial charge in [0.2, 0.25) is 0 Å². The topological polar surface area (TPSA) is 50.2 Å². The molecule has 0 radical (unpaired) electrons. The van der Waals surface area contributed by atoms with E-state index in [9.17, 15) is 4.79 Å². The van der Waals surface area contributed by atoms with Gasteiger partial charge >= 0.3 is 0 Å². The number of allylic oxidation sites excluding steroid dienone is 1. The summed E-state index contributed by atoms with van der Waals surface area (Å²) in [6.45, 7) is 4.33. The second-order valence-electron chi connectivity index (χ2n) is 9.32. The van der Waals surface area contributed by atoms with E-state index in [-0.39, 0.29) is 18.0 Å². The molecule has 5 nitrogen and oxygen atoms in total. The minimum Gasteiger partial charge on any atom is -0.283 e. The lowest BCUT2D eigenvalue weighted by atomic mass is 9.90. The molecular formula is C26H27BrCl2N4OS. The van der Waals surface area contributed by atoms with Crippen molar-refractivity contribution >= 4 is 68.0 Å². The van der Waals surface area contributed by atoms with E-state index < -0.39 is 0 Å². The van der Waals surface area contributed by atoms with E-state index in [2.05, 4.69) is 51.7 Å². The molecule has 2 aromatic heterocycles. The molecule has 0 bridgehead atoms. The smallest absolute Gasteiger partial charge is 0.283 e. The van der Waals surface area contributed by atoms with Crippen molar-refractivity contribution in [1.29, 1.82) is 0 Å². The summed E-state index contributed by atoms with van der Waals surface area (Å²) in [7, 11) is 0. The van der Waals surface area contributed by atoms with Crippen molar-refractivity contribution < 1.29 is 4.79 Å². The van der Waals surface area contributed by atoms with Gasteiger partial charge in [0.25, 0.3) is 5.91 Å². The number of thiophene rings is 1. The van der Waals surface area contributed by atoms with Crippen LogP contribution in [0.25, 0.3) is 17.3 Å². The second-order valence-corrected chi connectivity index (χ2v) is 12.0. The van der Waals surface area contributed by atoms with Crippen LogP contribution in [0, 0.1) is 0 Å². The number of nitrogens with one attached hydrogen (secondary N) is 1. The molecule has 1 aromatic carbocycles. The maximum atomic E-state index is 13.6. The third kappa shape index (κ3) is 4.98. The van der Waals surface area contributed by atoms with Gasteiger partial charge in [-0.15, -0.1) is 11.3 Å². The fourth-order valence-electron chi connectivity index (χ4n) is 5.12. The van der Waals surface area contributed by atoms with Gasteiger partial charge in [-0.2, -0.15) is 5.10 Å². The van der Waals surface area contributed by atoms with Crippen LogP contribution in [0.3, 0.4) is 0 Å². The molecular weight excluding hydrogens is 567 g/mol. The zero-order valence-corrected chi connectivity index (χ0v) is 23.6. The third-order valence-electron chi connectivity index (χ3n) is 6.89. The van der Waals surface area contributed by atoms with E-state index >= 15 is 0 Å². The minimum absolute atomic E-state index is 0.163. The average molecular weight is 594 g/mol. The van der Waals surface area contributed by atoms with Gasteiger partial charge in [0.15, 0.2) is 5.69 Å². The first-order valence-corrected chi connectivity index (χ1v) is 14.4. The molecule has 1 aliphatic heterocycles. The van der Waals surface area contributed by atoms with Crippen molar-refractivity contribution in [2.24, 2.45) is 0 Å². The van der Waals surface area contributed by atoms with Gasteiger partial charge in [-0.1, -0.05) is 29.6 Å². The highest BCUT2D eigenvalue weighted by Crippen LogP contribution is 2.39. The quantitative estimate of drug-likeness (QED) is 0.336. The number of rotatable bonds is 4. The first-order valence-electron chi connectivity index (χ1n) is 11.9. The monoisotopic (exact) mass is 592 g/mol. The highest BCUT2D eigenvalue weighted by atomic mass is 79.9. The lowest BCUT2D eigenvalue weighted by molar-refractivity contribution is 0.0365. The number of aromatic nitrogens is 2. The van der Waals surface area contributed by atoms with Gasteiger partial charge < -0.3 is 0 Å². The Hall–Kier alpha value is -1.64. The lowest BCUT2D eigenvalue weighted by Gasteiger charge is -2.38. The van der Waals surface area contributed by atoms with Crippen molar-refractivity contribution in [2.75, 3.05) is 0 Å². The normalized spacial score (nSPS) is 21.8. The Morgan fingerprint density at radius 3 is 2.63 bits per heavy atom. The van der Waals surface area contributed by atoms with E-state index in [4.69, 9.17) is 28.3 Å². The zero-order chi connectivity index (χ0) is 24.7. The zero-order valence-electron chi connectivity index (χ0n) is 19.7. The summed E-state index contributed by atoms with van der Waals surface area (Å²) < 4.78 is 2.89. The number of halogens is 3. The average Bonchev–Trinajstić information content (AvgIpc) is 3.40. The molecule has 0 saturated carbocycles. The molecule has 5 rings (SSSR count). The molecule has 184 valence electrons. The van der Waals surface area contributed by atoms with Crippen LogP contribution in [0.2, 0.25) is 10.0 Å². The SMILES string of the molecule is CC1CCCC(C)N1NC(=O)c1nn(-c2ccc(Cl)cc2Cl)c2c1CCCC2=Cc1sccc1Br. The van der Waals surface area contributed by atoms with E-state index in [1.54, 1.807) is 23.5 Å². The Kier molecular flexibility index (Phi) is 7.43. The number of nitrogens with zero attached hydrogens (tertiary/aromatic N) is 3. The number of piperidine rings is 1. The number of hydrogen-bond donors (Lipinski definition) is 1. The van der Waals surface area contributed by atoms with Crippen molar-refractivity contribution in [3.05, 3.63) is 66.0 Å². The van der Waals surface area contributed by atoms with Crippen LogP contribution in [0.5, 0.6) is 0 Å². The standard InChI is InChI=1S/C26H27BrCl2N4OS/c1-15-5-3-6-16(2)32(15)31-26(34)24-19-8-4-7-17(13-23-20(27)11-12-35-23)25(19)33(30-24)22-10-9-18(28)14-21(22)29/h9-16H,3-8H2,1-2H3,(H,31,34). The minimum atomic E-state index is -0.163. The summed E-state index contributed by atoms with van der Waals surface area (Å²) in [4.78, 5) is 14.8. The largest absolute Gasteiger partial charge is 0.286 e. The van der Waals surface area contributed by atoms with Gasteiger partial charge in [-0.25, -0.2) is 9.69 Å². The second kappa shape index (κ2) is 10.4. The molecule has 35 heavy (non-hydrogen) atoms. The van der Waals surface area contributed by atoms with Crippen LogP contribution >= 0.6 is 50.5 Å². The number of hydrogen-bond acceptors (Lipinski definition) is 4. The molecule has 0 spiro atoms. The van der Waals surface area contributed by atoms with Crippen LogP contribution in [-0.2, 0) is 6.42 Å². The van der Waals surface area contributed by atoms with Gasteiger partial charge in [0.05, 0.1) is 16.4 Å². The summed E-state index contributed by atoms with van der Waals surface area (Å²) in [6.07, 6.45) is 8.16. The van der Waals surface area contributed by atoms with E-state index in [0.717, 1.165) is 58.3 Å². The number of benzene rings is 1. The maximum absolute atomic E-state index is 13.6. The lowest BCUT2D eigenvalue weighted by Crippen LogP contribution is -2.54. The summed E-state index contributed by atoms with van der Waals surface area (Å²) in [5.41, 5.74) is 7.42. The Morgan fingerprint density at radius 2 is 1.94 bits per heavy atom. The maximum Gasteiger partial charge on any atom is 0.286 e. The highest BCUT2D eigenvalue weighted by Gasteiger charge is 2.32. The van der Waals surface area contributed by atoms with Crippen LogP contribution in [0.15, 0.2) is 34.1 Å². The Labute approximate surface area is 228 Å². The first-order chi connectivity index (χ1) is 16.8. The number of carbonyl (C=O) groups excluding carboxylic acids is 1. The number of carbonyl (C=O) groups is 1. The van der Waals surface area contributed by atoms with Crippen molar-refractivity contribution in [1.82, 2.24) is 20.2 Å². The van der Waals surface area contributed by atoms with E-state index in [1.807, 2.05) is 16.8 Å². The predicted molar refractivity (Wildman–Crippen MR) is 148 cm³/mol. The molecule has 1 N–H and O–H groups in total. The van der Waals surface area contributed by atoms with Crippen molar-refractivity contribution in [3.63, 3.8) is 0 Å². The third-order valence-corrected chi connectivity index (χ3v) is 9.24. The van der Waals surface area contributed by atoms with Gasteiger partial charge in [-0.05, 0) is 103 Å². The van der Waals surface area contributed by atoms with Crippen LogP contribution in [-0.4, -0.2) is 32.8 Å². The molecule has 1 amide bonds. The van der Waals surface area contributed by atoms with Gasteiger partial charge in [-0.3, -0.25) is 10.2 Å². The fourth-order valence-corrected chi connectivity index (χ4v) is 7.05. The van der Waals surface area contributed by atoms with Gasteiger partial charge in [0, 0.05) is 32.0 Å². The molecule has 9 heteroatoms. The summed E-state index contributed by atoms with van der Waals surface area (Å²) in [5, 5.41) is 10.1. The molecule has 1 saturated heterocycles. The molecule has 1 fully saturated rings. The molecule has 2 aliphatic rings. The molecule has 2 unspecified atom stereocenters. The van der Waals surface area contributed by atoms with Gasteiger partial charge in [0.1, 0.15) is 0 Å². The summed E-state index contributed by atoms with van der Waals surface area (Å²) in [5.74, 6) is -0.163. The molecule has 1 aliphatic carbocycles. The Bertz CT molecular complexity index is 1290. The van der Waals surface area contributed by atoms with E-state index in [0.29, 0.717) is 21.4 Å². The van der Waals surface area contributed by atoms with Crippen LogP contribution in [0.4, 0.5) is 0 Å². The first kappa shape index (κ1) is 25.0. The fraction of sp³-hybridized carbons (Fsp3) is 0.385. The number of hydrazine groups is 1. The van der Waals surface area contributed by atoms with Crippen molar-refractivity contribution in [3.8, 4) is 5.69 Å². The summed E-state index contributed by atoms with van der Waals surface area (Å²) >= 11 is 18.1.